The van der Waals surface area contributed by atoms with Gasteiger partial charge in [-0.1, -0.05) is 12.1 Å². The summed E-state index contributed by atoms with van der Waals surface area (Å²) in [6, 6.07) is 9.62. The fraction of sp³-hybridized carbons (Fsp3) is 0.464. The van der Waals surface area contributed by atoms with E-state index in [4.69, 9.17) is 0 Å². The van der Waals surface area contributed by atoms with Crippen molar-refractivity contribution in [2.45, 2.75) is 62.8 Å². The Bertz CT molecular complexity index is 1600. The first kappa shape index (κ1) is 26.9. The topological polar surface area (TPSA) is 97.2 Å². The lowest BCUT2D eigenvalue weighted by atomic mass is 9.78. The van der Waals surface area contributed by atoms with Crippen LogP contribution in [0.4, 0.5) is 18.9 Å². The van der Waals surface area contributed by atoms with E-state index in [1.165, 1.54) is 4.90 Å². The number of hydrogen-bond donors (Lipinski definition) is 1. The second-order valence-electron chi connectivity index (χ2n) is 11.7. The van der Waals surface area contributed by atoms with Crippen molar-refractivity contribution in [3.8, 4) is 0 Å². The van der Waals surface area contributed by atoms with E-state index in [-0.39, 0.29) is 41.3 Å². The molecule has 6 rings (SSSR count). The molecule has 2 aliphatic heterocycles. The maximum Gasteiger partial charge on any atom is 0.416 e. The number of fused-ring (bicyclic) bond motifs is 1. The number of hydrogen-bond acceptors (Lipinski definition) is 6. The highest BCUT2D eigenvalue weighted by molar-refractivity contribution is 7.93. The number of anilines is 1. The van der Waals surface area contributed by atoms with Crippen molar-refractivity contribution in [1.82, 2.24) is 20.1 Å². The van der Waals surface area contributed by atoms with Crippen molar-refractivity contribution in [2.75, 3.05) is 16.4 Å². The Morgan fingerprint density at radius 1 is 1.12 bits per heavy atom. The summed E-state index contributed by atoms with van der Waals surface area (Å²) >= 11 is 0. The highest BCUT2D eigenvalue weighted by Crippen LogP contribution is 2.43. The molecule has 2 aromatic carbocycles. The van der Waals surface area contributed by atoms with E-state index in [1.54, 1.807) is 48.3 Å². The average Bonchev–Trinajstić information content (AvgIpc) is 3.41. The van der Waals surface area contributed by atoms with E-state index in [1.807, 2.05) is 0 Å². The Balaban J connectivity index is 1.33. The number of aryl methyl sites for hydroxylation is 1. The molecular weight excluding hydrogens is 543 g/mol. The molecule has 1 saturated carbocycles. The third kappa shape index (κ3) is 4.70. The molecule has 3 aliphatic rings. The summed E-state index contributed by atoms with van der Waals surface area (Å²) < 4.78 is 68.9. The number of sulfone groups is 1. The number of carbonyl (C=O) groups is 1. The molecule has 1 aliphatic carbocycles. The number of nitrogens with one attached hydrogen (secondary N) is 1. The van der Waals surface area contributed by atoms with Crippen molar-refractivity contribution in [3.05, 3.63) is 76.4 Å². The molecule has 12 heteroatoms. The monoisotopic (exact) mass is 573 g/mol. The number of halogens is 3. The lowest BCUT2D eigenvalue weighted by molar-refractivity contribution is -0.138. The van der Waals surface area contributed by atoms with Gasteiger partial charge in [-0.15, -0.1) is 10.2 Å². The van der Waals surface area contributed by atoms with Gasteiger partial charge in [0.1, 0.15) is 12.2 Å². The molecule has 0 spiro atoms. The number of nitrogens with zero attached hydrogens (tertiary/aromatic N) is 4. The summed E-state index contributed by atoms with van der Waals surface area (Å²) in [6.07, 6.45) is 0.271. The smallest absolute Gasteiger partial charge is 0.321 e. The van der Waals surface area contributed by atoms with Crippen molar-refractivity contribution in [2.24, 2.45) is 7.05 Å². The van der Waals surface area contributed by atoms with Gasteiger partial charge in [-0.25, -0.2) is 8.42 Å². The van der Waals surface area contributed by atoms with Gasteiger partial charge in [-0.05, 0) is 67.1 Å². The lowest BCUT2D eigenvalue weighted by Gasteiger charge is -2.41. The molecule has 40 heavy (non-hydrogen) atoms. The fourth-order valence-electron chi connectivity index (χ4n) is 6.18. The van der Waals surface area contributed by atoms with E-state index in [9.17, 15) is 26.4 Å². The molecular formula is C28H30F3N5O3S. The zero-order chi connectivity index (χ0) is 28.5. The molecule has 0 atom stereocenters. The molecule has 3 heterocycles. The second-order valence-corrected chi connectivity index (χ2v) is 13.8. The van der Waals surface area contributed by atoms with Crippen LogP contribution in [-0.4, -0.2) is 46.1 Å². The first-order chi connectivity index (χ1) is 18.8. The summed E-state index contributed by atoms with van der Waals surface area (Å²) in [7, 11) is -1.47. The number of benzene rings is 2. The summed E-state index contributed by atoms with van der Waals surface area (Å²) in [4.78, 5) is 14.9. The van der Waals surface area contributed by atoms with Crippen LogP contribution in [0.5, 0.6) is 0 Å². The van der Waals surface area contributed by atoms with E-state index < -0.39 is 32.9 Å². The zero-order valence-corrected chi connectivity index (χ0v) is 23.1. The van der Waals surface area contributed by atoms with Gasteiger partial charge in [0.05, 0.1) is 23.6 Å². The van der Waals surface area contributed by atoms with Gasteiger partial charge in [-0.3, -0.25) is 4.79 Å². The van der Waals surface area contributed by atoms with Crippen molar-refractivity contribution < 1.29 is 26.4 Å². The minimum absolute atomic E-state index is 0.0403. The van der Waals surface area contributed by atoms with Gasteiger partial charge >= 0.3 is 6.18 Å². The van der Waals surface area contributed by atoms with Crippen LogP contribution in [0.2, 0.25) is 0 Å². The Labute approximate surface area is 230 Å². The Hall–Kier alpha value is -3.25. The molecule has 3 aromatic rings. The van der Waals surface area contributed by atoms with Crippen molar-refractivity contribution in [1.29, 1.82) is 0 Å². The van der Waals surface area contributed by atoms with E-state index in [2.05, 4.69) is 22.4 Å². The third-order valence-electron chi connectivity index (χ3n) is 8.65. The minimum atomic E-state index is -4.61. The Kier molecular flexibility index (Phi) is 6.15. The predicted octanol–water partition coefficient (Wildman–Crippen LogP) is 3.94. The van der Waals surface area contributed by atoms with E-state index in [0.717, 1.165) is 25.3 Å². The predicted molar refractivity (Wildman–Crippen MR) is 143 cm³/mol. The molecule has 2 fully saturated rings. The SMILES string of the molecule is Cn1cnnc1CC1(c2cccc(N3Cc4c(cc(CNC5(C)CCC5)cc4C(F)(F)F)C3=O)c2)CS(=O)(=O)C1. The van der Waals surface area contributed by atoms with Gasteiger partial charge < -0.3 is 14.8 Å². The molecule has 212 valence electrons. The highest BCUT2D eigenvalue weighted by atomic mass is 32.2. The van der Waals surface area contributed by atoms with Crippen LogP contribution in [0.3, 0.4) is 0 Å². The van der Waals surface area contributed by atoms with Gasteiger partial charge in [0.25, 0.3) is 5.91 Å². The molecule has 1 amide bonds. The van der Waals surface area contributed by atoms with Crippen molar-refractivity contribution in [3.63, 3.8) is 0 Å². The van der Waals surface area contributed by atoms with Crippen LogP contribution in [0, 0.1) is 0 Å². The van der Waals surface area contributed by atoms with E-state index >= 15 is 0 Å². The first-order valence-electron chi connectivity index (χ1n) is 13.2. The maximum atomic E-state index is 14.2. The Morgan fingerprint density at radius 3 is 2.48 bits per heavy atom. The van der Waals surface area contributed by atoms with Crippen LogP contribution in [-0.2, 0) is 48.0 Å². The molecule has 1 aromatic heterocycles. The number of alkyl halides is 3. The van der Waals surface area contributed by atoms with Gasteiger partial charge in [0, 0.05) is 42.2 Å². The van der Waals surface area contributed by atoms with Crippen LogP contribution < -0.4 is 10.2 Å². The maximum absolute atomic E-state index is 14.2. The summed E-state index contributed by atoms with van der Waals surface area (Å²) in [5, 5.41) is 11.4. The van der Waals surface area contributed by atoms with Crippen LogP contribution in [0.15, 0.2) is 42.7 Å². The first-order valence-corrected chi connectivity index (χ1v) is 15.0. The molecule has 1 saturated heterocycles. The van der Waals surface area contributed by atoms with Crippen LogP contribution >= 0.6 is 0 Å². The number of rotatable bonds is 7. The third-order valence-corrected chi connectivity index (χ3v) is 10.6. The normalized spacial score (nSPS) is 20.6. The van der Waals surface area contributed by atoms with Gasteiger partial charge in [-0.2, -0.15) is 13.2 Å². The molecule has 0 unspecified atom stereocenters. The quantitative estimate of drug-likeness (QED) is 0.460. The van der Waals surface area contributed by atoms with Gasteiger partial charge in [0.2, 0.25) is 0 Å². The number of aromatic nitrogens is 3. The number of amides is 1. The standard InChI is InChI=1S/C28H30F3N5O3S/c1-26(7-4-8-26)32-13-18-9-21-22(23(10-18)28(29,30)31)14-36(25(21)37)20-6-3-5-19(11-20)27(15-40(38,39)16-27)12-24-34-33-17-35(24)2/h3,5-6,9-11,17,32H,4,7-8,12-16H2,1-2H3. The zero-order valence-electron chi connectivity index (χ0n) is 22.3. The Morgan fingerprint density at radius 2 is 1.88 bits per heavy atom. The summed E-state index contributed by atoms with van der Waals surface area (Å²) in [5.74, 6) is -0.0506. The largest absolute Gasteiger partial charge is 0.416 e. The highest BCUT2D eigenvalue weighted by Gasteiger charge is 2.51. The molecule has 0 radical (unpaired) electrons. The lowest BCUT2D eigenvalue weighted by Crippen LogP contribution is -2.54. The van der Waals surface area contributed by atoms with Crippen molar-refractivity contribution >= 4 is 21.4 Å². The van der Waals surface area contributed by atoms with Crippen LogP contribution in [0.25, 0.3) is 0 Å². The van der Waals surface area contributed by atoms with E-state index in [0.29, 0.717) is 29.1 Å². The molecule has 1 N–H and O–H groups in total. The summed E-state index contributed by atoms with van der Waals surface area (Å²) in [6.45, 7) is 2.08. The second kappa shape index (κ2) is 9.13. The average molecular weight is 574 g/mol. The molecule has 0 bridgehead atoms. The van der Waals surface area contributed by atoms with Gasteiger partial charge in [0.15, 0.2) is 9.84 Å². The molecule has 8 nitrogen and oxygen atoms in total. The minimum Gasteiger partial charge on any atom is -0.321 e. The van der Waals surface area contributed by atoms with Crippen LogP contribution in [0.1, 0.15) is 64.6 Å². The number of carbonyl (C=O) groups excluding carboxylic acids is 1. The fourth-order valence-corrected chi connectivity index (χ4v) is 8.31. The summed E-state index contributed by atoms with van der Waals surface area (Å²) in [5.41, 5.74) is -0.0986.